The highest BCUT2D eigenvalue weighted by Gasteiger charge is 2.13. The van der Waals surface area contributed by atoms with E-state index in [9.17, 15) is 4.79 Å². The molecule has 0 spiro atoms. The van der Waals surface area contributed by atoms with Crippen molar-refractivity contribution in [3.63, 3.8) is 0 Å². The van der Waals surface area contributed by atoms with Gasteiger partial charge in [0, 0.05) is 6.92 Å². The number of hydrogen-bond acceptors (Lipinski definition) is 4. The van der Waals surface area contributed by atoms with Gasteiger partial charge in [-0.2, -0.15) is 0 Å². The third kappa shape index (κ3) is 8.44. The lowest BCUT2D eigenvalue weighted by Gasteiger charge is -2.15. The maximum absolute atomic E-state index is 10.5. The average Bonchev–Trinajstić information content (AvgIpc) is 2.17. The van der Waals surface area contributed by atoms with Crippen LogP contribution in [0.5, 0.6) is 0 Å². The van der Waals surface area contributed by atoms with Gasteiger partial charge in [-0.3, -0.25) is 10.1 Å². The molecular formula is C12H22O4. The molecule has 0 aromatic carbocycles. The zero-order chi connectivity index (χ0) is 12.6. The van der Waals surface area contributed by atoms with Crippen LogP contribution in [0, 0.1) is 5.92 Å². The molecule has 1 unspecified atom stereocenters. The van der Waals surface area contributed by atoms with Crippen molar-refractivity contribution >= 4 is 5.97 Å². The molecule has 0 aliphatic heterocycles. The van der Waals surface area contributed by atoms with E-state index in [0.29, 0.717) is 12.5 Å². The maximum Gasteiger partial charge on any atom is 0.302 e. The lowest BCUT2D eigenvalue weighted by molar-refractivity contribution is -0.297. The third-order valence-electron chi connectivity index (χ3n) is 2.21. The zero-order valence-corrected chi connectivity index (χ0v) is 10.5. The van der Waals surface area contributed by atoms with E-state index in [2.05, 4.69) is 11.8 Å². The first kappa shape index (κ1) is 15.1. The van der Waals surface area contributed by atoms with Crippen LogP contribution in [0.3, 0.4) is 0 Å². The van der Waals surface area contributed by atoms with Crippen molar-refractivity contribution < 1.29 is 19.7 Å². The quantitative estimate of drug-likeness (QED) is 0.316. The largest absolute Gasteiger partial charge is 0.466 e. The topological polar surface area (TPSA) is 55.8 Å². The van der Waals surface area contributed by atoms with E-state index >= 15 is 0 Å². The van der Waals surface area contributed by atoms with Gasteiger partial charge < -0.3 is 4.74 Å². The van der Waals surface area contributed by atoms with E-state index in [1.165, 1.54) is 6.92 Å². The van der Waals surface area contributed by atoms with Crippen molar-refractivity contribution in [2.24, 2.45) is 5.92 Å². The highest BCUT2D eigenvalue weighted by atomic mass is 17.1. The third-order valence-corrected chi connectivity index (χ3v) is 2.21. The molecule has 0 amide bonds. The highest BCUT2D eigenvalue weighted by Crippen LogP contribution is 2.13. The van der Waals surface area contributed by atoms with Crippen molar-refractivity contribution in [1.82, 2.24) is 0 Å². The minimum absolute atomic E-state index is 0.238. The van der Waals surface area contributed by atoms with Crippen molar-refractivity contribution in [2.75, 3.05) is 6.61 Å². The van der Waals surface area contributed by atoms with Crippen LogP contribution in [0.25, 0.3) is 0 Å². The highest BCUT2D eigenvalue weighted by molar-refractivity contribution is 5.65. The number of rotatable bonds is 7. The van der Waals surface area contributed by atoms with Gasteiger partial charge in [-0.15, -0.1) is 0 Å². The van der Waals surface area contributed by atoms with Gasteiger partial charge in [-0.1, -0.05) is 19.1 Å². The summed E-state index contributed by atoms with van der Waals surface area (Å²) in [7, 11) is 0. The van der Waals surface area contributed by atoms with Gasteiger partial charge in [-0.25, -0.2) is 4.89 Å². The van der Waals surface area contributed by atoms with E-state index in [0.717, 1.165) is 12.8 Å². The van der Waals surface area contributed by atoms with Gasteiger partial charge in [0.1, 0.15) is 5.60 Å². The Morgan fingerprint density at radius 1 is 1.50 bits per heavy atom. The first-order valence-electron chi connectivity index (χ1n) is 5.51. The minimum atomic E-state index is -0.643. The summed E-state index contributed by atoms with van der Waals surface area (Å²) < 4.78 is 4.85. The second-order valence-corrected chi connectivity index (χ2v) is 4.57. The molecule has 0 aliphatic rings. The smallest absolute Gasteiger partial charge is 0.302 e. The van der Waals surface area contributed by atoms with Crippen LogP contribution in [-0.4, -0.2) is 23.4 Å². The molecule has 4 nitrogen and oxygen atoms in total. The lowest BCUT2D eigenvalue weighted by Crippen LogP contribution is -2.18. The number of carbonyl (C=O) groups excluding carboxylic acids is 1. The lowest BCUT2D eigenvalue weighted by atomic mass is 10.0. The van der Waals surface area contributed by atoms with Crippen LogP contribution in [0.2, 0.25) is 0 Å². The Kier molecular flexibility index (Phi) is 7.01. The van der Waals surface area contributed by atoms with E-state index in [4.69, 9.17) is 9.99 Å². The Bertz CT molecular complexity index is 233. The van der Waals surface area contributed by atoms with Crippen LogP contribution in [0.4, 0.5) is 0 Å². The zero-order valence-electron chi connectivity index (χ0n) is 10.5. The molecule has 16 heavy (non-hydrogen) atoms. The normalized spacial score (nSPS) is 14.1. The van der Waals surface area contributed by atoms with Crippen molar-refractivity contribution in [3.8, 4) is 0 Å². The predicted octanol–water partition coefficient (Wildman–Crippen LogP) is 2.79. The van der Waals surface area contributed by atoms with Gasteiger partial charge in [0.2, 0.25) is 0 Å². The van der Waals surface area contributed by atoms with Gasteiger partial charge in [0.05, 0.1) is 6.61 Å². The first-order chi connectivity index (χ1) is 7.37. The number of allylic oxidation sites excluding steroid dienone is 1. The number of esters is 1. The Morgan fingerprint density at radius 2 is 2.12 bits per heavy atom. The fourth-order valence-corrected chi connectivity index (χ4v) is 1.14. The summed E-state index contributed by atoms with van der Waals surface area (Å²) in [6, 6.07) is 0. The predicted molar refractivity (Wildman–Crippen MR) is 62.0 cm³/mol. The maximum atomic E-state index is 10.5. The molecule has 0 bridgehead atoms. The molecule has 1 N–H and O–H groups in total. The van der Waals surface area contributed by atoms with Gasteiger partial charge >= 0.3 is 5.97 Å². The molecule has 0 aromatic rings. The molecule has 4 heteroatoms. The Hall–Kier alpha value is -0.870. The van der Waals surface area contributed by atoms with Gasteiger partial charge in [0.25, 0.3) is 0 Å². The van der Waals surface area contributed by atoms with E-state index in [-0.39, 0.29) is 5.97 Å². The molecule has 1 atom stereocenters. The Balaban J connectivity index is 3.72. The first-order valence-corrected chi connectivity index (χ1v) is 5.51. The summed E-state index contributed by atoms with van der Waals surface area (Å²) in [6.07, 6.45) is 5.49. The monoisotopic (exact) mass is 230 g/mol. The SMILES string of the molecule is CC(=O)OCCC(C)C/C=C/C(C)(C)OO. The molecule has 0 fully saturated rings. The van der Waals surface area contributed by atoms with Crippen molar-refractivity contribution in [3.05, 3.63) is 12.2 Å². The van der Waals surface area contributed by atoms with E-state index < -0.39 is 5.60 Å². The van der Waals surface area contributed by atoms with E-state index in [1.807, 2.05) is 12.2 Å². The fourth-order valence-electron chi connectivity index (χ4n) is 1.14. The molecule has 0 saturated carbocycles. The number of hydrogen-bond donors (Lipinski definition) is 1. The van der Waals surface area contributed by atoms with Crippen molar-refractivity contribution in [1.29, 1.82) is 0 Å². The number of carbonyl (C=O) groups is 1. The van der Waals surface area contributed by atoms with E-state index in [1.54, 1.807) is 13.8 Å². The Labute approximate surface area is 97.2 Å². The van der Waals surface area contributed by atoms with Crippen LogP contribution in [0.1, 0.15) is 40.5 Å². The van der Waals surface area contributed by atoms with Gasteiger partial charge in [0.15, 0.2) is 0 Å². The second kappa shape index (κ2) is 7.41. The molecule has 0 aliphatic carbocycles. The van der Waals surface area contributed by atoms with Crippen LogP contribution < -0.4 is 0 Å². The second-order valence-electron chi connectivity index (χ2n) is 4.57. The van der Waals surface area contributed by atoms with Crippen LogP contribution >= 0.6 is 0 Å². The average molecular weight is 230 g/mol. The Morgan fingerprint density at radius 3 is 2.62 bits per heavy atom. The molecular weight excluding hydrogens is 208 g/mol. The molecule has 0 aromatic heterocycles. The minimum Gasteiger partial charge on any atom is -0.466 e. The fraction of sp³-hybridized carbons (Fsp3) is 0.750. The molecule has 94 valence electrons. The summed E-state index contributed by atoms with van der Waals surface area (Å²) in [4.78, 5) is 14.8. The van der Waals surface area contributed by atoms with Crippen molar-refractivity contribution in [2.45, 2.75) is 46.1 Å². The molecule has 0 radical (unpaired) electrons. The molecule has 0 heterocycles. The molecule has 0 saturated heterocycles. The molecule has 0 rings (SSSR count). The van der Waals surface area contributed by atoms with Crippen LogP contribution in [-0.2, 0) is 14.4 Å². The summed E-state index contributed by atoms with van der Waals surface area (Å²) in [5.41, 5.74) is -0.643. The summed E-state index contributed by atoms with van der Waals surface area (Å²) in [5.74, 6) is 0.197. The summed E-state index contributed by atoms with van der Waals surface area (Å²) in [6.45, 7) is 7.50. The summed E-state index contributed by atoms with van der Waals surface area (Å²) >= 11 is 0. The van der Waals surface area contributed by atoms with Crippen LogP contribution in [0.15, 0.2) is 12.2 Å². The standard InChI is InChI=1S/C12H22O4/c1-10(7-9-15-11(2)13)6-5-8-12(3,4)16-14/h5,8,10,14H,6-7,9H2,1-4H3/b8-5+. The summed E-state index contributed by atoms with van der Waals surface area (Å²) in [5, 5.41) is 8.55. The van der Waals surface area contributed by atoms with Gasteiger partial charge in [-0.05, 0) is 32.6 Å². The number of ether oxygens (including phenoxy) is 1.